The number of nitrogens with two attached hydrogens (primary N) is 2. The van der Waals surface area contributed by atoms with Gasteiger partial charge in [-0.3, -0.25) is 0 Å². The van der Waals surface area contributed by atoms with E-state index in [1.807, 2.05) is 13.0 Å². The molecular formula is C9H15N5O. The number of carbonyl (C=O) groups is 1. The van der Waals surface area contributed by atoms with Crippen LogP contribution in [0.25, 0.3) is 0 Å². The molecule has 0 aromatic carbocycles. The van der Waals surface area contributed by atoms with Crippen LogP contribution < -0.4 is 22.1 Å². The summed E-state index contributed by atoms with van der Waals surface area (Å²) in [6, 6.07) is 1.30. The molecule has 0 unspecified atom stereocenters. The standard InChI is InChI=1S/C9H15N5O/c1-6-4-7(10)5-14-8(6)12-2-3-13-9(11)15/h4-5H,2-3,10H2,1H3,(H,12,14)(H3,11,13,15). The van der Waals surface area contributed by atoms with Crippen molar-refractivity contribution in [3.63, 3.8) is 0 Å². The van der Waals surface area contributed by atoms with Crippen LogP contribution in [0.4, 0.5) is 16.3 Å². The molecule has 1 heterocycles. The summed E-state index contributed by atoms with van der Waals surface area (Å²) in [7, 11) is 0. The Balaban J connectivity index is 2.40. The number of hydrogen-bond donors (Lipinski definition) is 4. The summed E-state index contributed by atoms with van der Waals surface area (Å²) < 4.78 is 0. The summed E-state index contributed by atoms with van der Waals surface area (Å²) in [5.74, 6) is 0.760. The van der Waals surface area contributed by atoms with E-state index in [4.69, 9.17) is 11.5 Å². The second-order valence-corrected chi connectivity index (χ2v) is 3.15. The number of rotatable bonds is 4. The second kappa shape index (κ2) is 5.04. The molecule has 0 aliphatic heterocycles. The molecular weight excluding hydrogens is 194 g/mol. The van der Waals surface area contributed by atoms with Crippen LogP contribution in [0.3, 0.4) is 0 Å². The maximum Gasteiger partial charge on any atom is 0.312 e. The third-order valence-corrected chi connectivity index (χ3v) is 1.82. The van der Waals surface area contributed by atoms with E-state index in [0.717, 1.165) is 11.4 Å². The Hall–Kier alpha value is -1.98. The van der Waals surface area contributed by atoms with Gasteiger partial charge in [0.05, 0.1) is 11.9 Å². The minimum Gasteiger partial charge on any atom is -0.397 e. The first kappa shape index (κ1) is 11.1. The molecule has 0 bridgehead atoms. The third-order valence-electron chi connectivity index (χ3n) is 1.82. The topological polar surface area (TPSA) is 106 Å². The first-order chi connectivity index (χ1) is 7.09. The van der Waals surface area contributed by atoms with Gasteiger partial charge in [0, 0.05) is 13.1 Å². The highest BCUT2D eigenvalue weighted by Crippen LogP contribution is 2.12. The number of primary amides is 1. The van der Waals surface area contributed by atoms with Gasteiger partial charge >= 0.3 is 6.03 Å². The zero-order valence-corrected chi connectivity index (χ0v) is 8.58. The Morgan fingerprint density at radius 2 is 2.27 bits per heavy atom. The fourth-order valence-corrected chi connectivity index (χ4v) is 1.15. The normalized spacial score (nSPS) is 9.67. The smallest absolute Gasteiger partial charge is 0.312 e. The Labute approximate surface area is 88.1 Å². The number of nitrogens with one attached hydrogen (secondary N) is 2. The number of pyridine rings is 1. The molecule has 0 saturated carbocycles. The third kappa shape index (κ3) is 3.72. The number of aromatic nitrogens is 1. The average Bonchev–Trinajstić information content (AvgIpc) is 2.14. The van der Waals surface area contributed by atoms with Gasteiger partial charge in [0.15, 0.2) is 0 Å². The fraction of sp³-hybridized carbons (Fsp3) is 0.333. The number of hydrogen-bond acceptors (Lipinski definition) is 4. The Kier molecular flexibility index (Phi) is 3.73. The molecule has 0 spiro atoms. The van der Waals surface area contributed by atoms with Crippen LogP contribution in [0, 0.1) is 6.92 Å². The van der Waals surface area contributed by atoms with Crippen molar-refractivity contribution in [3.05, 3.63) is 17.8 Å². The predicted octanol–water partition coefficient (Wildman–Crippen LogP) is 0.0524. The Morgan fingerprint density at radius 1 is 1.53 bits per heavy atom. The number of nitrogen functional groups attached to an aromatic ring is 1. The summed E-state index contributed by atoms with van der Waals surface area (Å²) in [6.45, 7) is 2.94. The number of carbonyl (C=O) groups excluding carboxylic acids is 1. The molecule has 6 heteroatoms. The quantitative estimate of drug-likeness (QED) is 0.526. The van der Waals surface area contributed by atoms with Gasteiger partial charge in [-0.25, -0.2) is 9.78 Å². The molecule has 2 amide bonds. The first-order valence-electron chi connectivity index (χ1n) is 4.59. The van der Waals surface area contributed by atoms with E-state index in [9.17, 15) is 4.79 Å². The van der Waals surface area contributed by atoms with Crippen molar-refractivity contribution in [2.24, 2.45) is 5.73 Å². The SMILES string of the molecule is Cc1cc(N)cnc1NCCNC(N)=O. The molecule has 1 aromatic rings. The van der Waals surface area contributed by atoms with E-state index in [1.165, 1.54) is 0 Å². The van der Waals surface area contributed by atoms with Crippen molar-refractivity contribution in [2.75, 3.05) is 24.1 Å². The van der Waals surface area contributed by atoms with Gasteiger partial charge in [-0.2, -0.15) is 0 Å². The van der Waals surface area contributed by atoms with Crippen molar-refractivity contribution >= 4 is 17.5 Å². The first-order valence-corrected chi connectivity index (χ1v) is 4.59. The number of anilines is 2. The largest absolute Gasteiger partial charge is 0.397 e. The maximum absolute atomic E-state index is 10.4. The van der Waals surface area contributed by atoms with Crippen molar-refractivity contribution in [3.8, 4) is 0 Å². The van der Waals surface area contributed by atoms with E-state index in [1.54, 1.807) is 6.20 Å². The number of amides is 2. The lowest BCUT2D eigenvalue weighted by Crippen LogP contribution is -2.33. The van der Waals surface area contributed by atoms with Gasteiger partial charge in [0.1, 0.15) is 5.82 Å². The van der Waals surface area contributed by atoms with Crippen molar-refractivity contribution < 1.29 is 4.79 Å². The number of aryl methyl sites for hydroxylation is 1. The van der Waals surface area contributed by atoms with Crippen LogP contribution >= 0.6 is 0 Å². The lowest BCUT2D eigenvalue weighted by atomic mass is 10.2. The van der Waals surface area contributed by atoms with Gasteiger partial charge in [0.2, 0.25) is 0 Å². The summed E-state index contributed by atoms with van der Waals surface area (Å²) in [5, 5.41) is 5.53. The van der Waals surface area contributed by atoms with Crippen LogP contribution in [0.5, 0.6) is 0 Å². The maximum atomic E-state index is 10.4. The molecule has 0 radical (unpaired) electrons. The fourth-order valence-electron chi connectivity index (χ4n) is 1.15. The molecule has 1 aromatic heterocycles. The van der Waals surface area contributed by atoms with Gasteiger partial charge in [-0.05, 0) is 18.6 Å². The molecule has 6 nitrogen and oxygen atoms in total. The molecule has 0 atom stereocenters. The van der Waals surface area contributed by atoms with E-state index in [-0.39, 0.29) is 0 Å². The monoisotopic (exact) mass is 209 g/mol. The summed E-state index contributed by atoms with van der Waals surface area (Å²) >= 11 is 0. The predicted molar refractivity (Wildman–Crippen MR) is 59.5 cm³/mol. The molecule has 0 saturated heterocycles. The molecule has 0 aliphatic rings. The Morgan fingerprint density at radius 3 is 2.87 bits per heavy atom. The molecule has 15 heavy (non-hydrogen) atoms. The van der Waals surface area contributed by atoms with E-state index < -0.39 is 6.03 Å². The Bertz CT molecular complexity index is 352. The lowest BCUT2D eigenvalue weighted by molar-refractivity contribution is 0.249. The second-order valence-electron chi connectivity index (χ2n) is 3.15. The van der Waals surface area contributed by atoms with E-state index >= 15 is 0 Å². The highest BCUT2D eigenvalue weighted by molar-refractivity contribution is 5.71. The van der Waals surface area contributed by atoms with Gasteiger partial charge in [-0.1, -0.05) is 0 Å². The molecule has 1 rings (SSSR count). The van der Waals surface area contributed by atoms with E-state index in [0.29, 0.717) is 18.8 Å². The van der Waals surface area contributed by atoms with Gasteiger partial charge < -0.3 is 22.1 Å². The van der Waals surface area contributed by atoms with Crippen molar-refractivity contribution in [1.82, 2.24) is 10.3 Å². The zero-order valence-electron chi connectivity index (χ0n) is 8.58. The van der Waals surface area contributed by atoms with E-state index in [2.05, 4.69) is 15.6 Å². The molecule has 0 fully saturated rings. The van der Waals surface area contributed by atoms with Crippen LogP contribution in [0.2, 0.25) is 0 Å². The molecule has 6 N–H and O–H groups in total. The van der Waals surface area contributed by atoms with Crippen LogP contribution in [0.1, 0.15) is 5.56 Å². The molecule has 0 aliphatic carbocycles. The van der Waals surface area contributed by atoms with Gasteiger partial charge in [0.25, 0.3) is 0 Å². The van der Waals surface area contributed by atoms with Gasteiger partial charge in [-0.15, -0.1) is 0 Å². The summed E-state index contributed by atoms with van der Waals surface area (Å²) in [5.41, 5.74) is 12.1. The highest BCUT2D eigenvalue weighted by atomic mass is 16.2. The minimum absolute atomic E-state index is 0.459. The zero-order chi connectivity index (χ0) is 11.3. The van der Waals surface area contributed by atoms with Crippen molar-refractivity contribution in [2.45, 2.75) is 6.92 Å². The number of urea groups is 1. The van der Waals surface area contributed by atoms with Crippen LogP contribution in [0.15, 0.2) is 12.3 Å². The highest BCUT2D eigenvalue weighted by Gasteiger charge is 1.99. The summed E-state index contributed by atoms with van der Waals surface area (Å²) in [4.78, 5) is 14.5. The average molecular weight is 209 g/mol. The number of nitrogens with zero attached hydrogens (tertiary/aromatic N) is 1. The minimum atomic E-state index is -0.529. The lowest BCUT2D eigenvalue weighted by Gasteiger charge is -2.08. The van der Waals surface area contributed by atoms with Crippen LogP contribution in [-0.4, -0.2) is 24.1 Å². The van der Waals surface area contributed by atoms with Crippen LogP contribution in [-0.2, 0) is 0 Å². The summed E-state index contributed by atoms with van der Waals surface area (Å²) in [6.07, 6.45) is 1.58. The van der Waals surface area contributed by atoms with Crippen molar-refractivity contribution in [1.29, 1.82) is 0 Å². The molecule has 82 valence electrons.